The Labute approximate surface area is 132 Å². The van der Waals surface area contributed by atoms with Gasteiger partial charge in [0, 0.05) is 11.1 Å². The number of nitrogens with one attached hydrogen (secondary N) is 1. The van der Waals surface area contributed by atoms with Crippen molar-refractivity contribution in [3.63, 3.8) is 0 Å². The molecule has 3 nitrogen and oxygen atoms in total. The van der Waals surface area contributed by atoms with Crippen molar-refractivity contribution in [3.8, 4) is 0 Å². The lowest BCUT2D eigenvalue weighted by Crippen LogP contribution is -1.88. The minimum atomic E-state index is 0.809. The molecule has 108 valence electrons. The second-order valence-electron chi connectivity index (χ2n) is 5.35. The number of thioether (sulfide) groups is 1. The first-order valence-electron chi connectivity index (χ1n) is 7.22. The maximum atomic E-state index is 4.70. The summed E-state index contributed by atoms with van der Waals surface area (Å²) in [6.07, 6.45) is 0. The van der Waals surface area contributed by atoms with E-state index in [1.165, 1.54) is 10.9 Å². The van der Waals surface area contributed by atoms with Crippen molar-refractivity contribution >= 4 is 33.7 Å². The molecule has 4 rings (SSSR count). The molecule has 2 aromatic heterocycles. The van der Waals surface area contributed by atoms with Gasteiger partial charge in [0.25, 0.3) is 0 Å². The van der Waals surface area contributed by atoms with Gasteiger partial charge in [-0.1, -0.05) is 42.1 Å². The van der Waals surface area contributed by atoms with Crippen LogP contribution < -0.4 is 0 Å². The Balaban J connectivity index is 1.56. The number of pyridine rings is 1. The van der Waals surface area contributed by atoms with Crippen LogP contribution in [0.15, 0.2) is 59.8 Å². The van der Waals surface area contributed by atoms with Crippen molar-refractivity contribution in [1.29, 1.82) is 0 Å². The fraction of sp³-hybridized carbons (Fsp3) is 0.111. The molecule has 4 aromatic rings. The molecular formula is C18H15N3S. The smallest absolute Gasteiger partial charge is 0.166 e. The van der Waals surface area contributed by atoms with E-state index in [2.05, 4.69) is 53.3 Å². The summed E-state index contributed by atoms with van der Waals surface area (Å²) in [7, 11) is 0. The maximum Gasteiger partial charge on any atom is 0.166 e. The number of aryl methyl sites for hydroxylation is 1. The van der Waals surface area contributed by atoms with Gasteiger partial charge in [-0.3, -0.25) is 4.98 Å². The molecule has 1 N–H and O–H groups in total. The summed E-state index contributed by atoms with van der Waals surface area (Å²) in [5.41, 5.74) is 5.46. The maximum absolute atomic E-state index is 4.70. The fourth-order valence-electron chi connectivity index (χ4n) is 2.50. The molecule has 0 fully saturated rings. The first kappa shape index (κ1) is 13.3. The summed E-state index contributed by atoms with van der Waals surface area (Å²) in [5, 5.41) is 2.12. The molecule has 2 aromatic carbocycles. The predicted molar refractivity (Wildman–Crippen MR) is 92.1 cm³/mol. The summed E-state index contributed by atoms with van der Waals surface area (Å²) < 4.78 is 0. The SMILES string of the molecule is Cc1ccc2nc(SCc3ccc4ccccc4n3)[nH]c2c1. The highest BCUT2D eigenvalue weighted by Gasteiger charge is 2.05. The molecule has 0 atom stereocenters. The third-order valence-corrected chi connectivity index (χ3v) is 4.54. The molecule has 4 heteroatoms. The van der Waals surface area contributed by atoms with E-state index in [4.69, 9.17) is 4.98 Å². The Morgan fingerprint density at radius 1 is 0.955 bits per heavy atom. The predicted octanol–water partition coefficient (Wildman–Crippen LogP) is 4.71. The molecule has 0 spiro atoms. The van der Waals surface area contributed by atoms with Gasteiger partial charge < -0.3 is 4.98 Å². The highest BCUT2D eigenvalue weighted by atomic mass is 32.2. The number of aromatic nitrogens is 3. The molecule has 0 unspecified atom stereocenters. The average Bonchev–Trinajstić information content (AvgIpc) is 2.94. The second-order valence-corrected chi connectivity index (χ2v) is 6.31. The van der Waals surface area contributed by atoms with Crippen molar-refractivity contribution in [1.82, 2.24) is 15.0 Å². The van der Waals surface area contributed by atoms with Crippen LogP contribution in [-0.2, 0) is 5.75 Å². The van der Waals surface area contributed by atoms with Crippen LogP contribution in [0.25, 0.3) is 21.9 Å². The molecule has 0 aliphatic heterocycles. The van der Waals surface area contributed by atoms with E-state index < -0.39 is 0 Å². The number of fused-ring (bicyclic) bond motifs is 2. The number of para-hydroxylation sites is 1. The number of H-pyrrole nitrogens is 1. The van der Waals surface area contributed by atoms with Gasteiger partial charge in [-0.25, -0.2) is 4.98 Å². The van der Waals surface area contributed by atoms with Crippen LogP contribution in [0.2, 0.25) is 0 Å². The molecule has 0 radical (unpaired) electrons. The number of nitrogens with zero attached hydrogens (tertiary/aromatic N) is 2. The minimum Gasteiger partial charge on any atom is -0.333 e. The standard InChI is InChI=1S/C18H15N3S/c1-12-6-9-16-17(10-12)21-18(20-16)22-11-14-8-7-13-4-2-3-5-15(13)19-14/h2-10H,11H2,1H3,(H,20,21). The zero-order valence-electron chi connectivity index (χ0n) is 12.2. The first-order chi connectivity index (χ1) is 10.8. The van der Waals surface area contributed by atoms with Crippen molar-refractivity contribution in [3.05, 3.63) is 65.9 Å². The van der Waals surface area contributed by atoms with Gasteiger partial charge in [0.2, 0.25) is 0 Å². The fourth-order valence-corrected chi connectivity index (χ4v) is 3.29. The number of benzene rings is 2. The van der Waals surface area contributed by atoms with E-state index in [9.17, 15) is 0 Å². The Morgan fingerprint density at radius 2 is 1.86 bits per heavy atom. The topological polar surface area (TPSA) is 41.6 Å². The first-order valence-corrected chi connectivity index (χ1v) is 8.20. The van der Waals surface area contributed by atoms with Crippen LogP contribution in [0.5, 0.6) is 0 Å². The van der Waals surface area contributed by atoms with Gasteiger partial charge in [0.15, 0.2) is 5.16 Å². The Hall–Kier alpha value is -2.33. The molecule has 0 saturated heterocycles. The lowest BCUT2D eigenvalue weighted by molar-refractivity contribution is 1.07. The summed E-state index contributed by atoms with van der Waals surface area (Å²) in [5.74, 6) is 0.809. The van der Waals surface area contributed by atoms with Crippen LogP contribution in [0.3, 0.4) is 0 Å². The van der Waals surface area contributed by atoms with Crippen LogP contribution >= 0.6 is 11.8 Å². The molecule has 0 aliphatic carbocycles. The van der Waals surface area contributed by atoms with Gasteiger partial charge in [0.1, 0.15) is 0 Å². The molecule has 0 bridgehead atoms. The second kappa shape index (κ2) is 5.46. The number of hydrogen-bond donors (Lipinski definition) is 1. The van der Waals surface area contributed by atoms with Crippen LogP contribution in [0, 0.1) is 6.92 Å². The monoisotopic (exact) mass is 305 g/mol. The van der Waals surface area contributed by atoms with Gasteiger partial charge in [0.05, 0.1) is 22.2 Å². The summed E-state index contributed by atoms with van der Waals surface area (Å²) in [6.45, 7) is 2.09. The third kappa shape index (κ3) is 2.57. The van der Waals surface area contributed by atoms with Crippen molar-refractivity contribution < 1.29 is 0 Å². The Kier molecular flexibility index (Phi) is 3.31. The zero-order chi connectivity index (χ0) is 14.9. The lowest BCUT2D eigenvalue weighted by Gasteiger charge is -2.01. The Morgan fingerprint density at radius 3 is 2.82 bits per heavy atom. The molecule has 0 saturated carbocycles. The quantitative estimate of drug-likeness (QED) is 0.557. The number of hydrogen-bond acceptors (Lipinski definition) is 3. The van der Waals surface area contributed by atoms with Gasteiger partial charge in [-0.15, -0.1) is 0 Å². The molecule has 22 heavy (non-hydrogen) atoms. The van der Waals surface area contributed by atoms with Crippen LogP contribution in [0.4, 0.5) is 0 Å². The van der Waals surface area contributed by atoms with E-state index in [0.717, 1.165) is 33.2 Å². The van der Waals surface area contributed by atoms with E-state index in [1.807, 2.05) is 18.2 Å². The molecule has 0 aliphatic rings. The number of rotatable bonds is 3. The van der Waals surface area contributed by atoms with Crippen LogP contribution in [-0.4, -0.2) is 15.0 Å². The van der Waals surface area contributed by atoms with Crippen molar-refractivity contribution in [2.24, 2.45) is 0 Å². The highest BCUT2D eigenvalue weighted by molar-refractivity contribution is 7.98. The van der Waals surface area contributed by atoms with E-state index in [0.29, 0.717) is 0 Å². The molecule has 2 heterocycles. The van der Waals surface area contributed by atoms with Gasteiger partial charge in [-0.2, -0.15) is 0 Å². The van der Waals surface area contributed by atoms with Crippen molar-refractivity contribution in [2.45, 2.75) is 17.8 Å². The van der Waals surface area contributed by atoms with Crippen LogP contribution in [0.1, 0.15) is 11.3 Å². The van der Waals surface area contributed by atoms with Crippen molar-refractivity contribution in [2.75, 3.05) is 0 Å². The summed E-state index contributed by atoms with van der Waals surface area (Å²) >= 11 is 1.68. The Bertz CT molecular complexity index is 959. The van der Waals surface area contributed by atoms with Gasteiger partial charge >= 0.3 is 0 Å². The summed E-state index contributed by atoms with van der Waals surface area (Å²) in [4.78, 5) is 12.7. The average molecular weight is 305 g/mol. The summed E-state index contributed by atoms with van der Waals surface area (Å²) in [6, 6.07) is 18.7. The largest absolute Gasteiger partial charge is 0.333 e. The van der Waals surface area contributed by atoms with E-state index in [-0.39, 0.29) is 0 Å². The lowest BCUT2D eigenvalue weighted by atomic mass is 10.2. The zero-order valence-corrected chi connectivity index (χ0v) is 13.0. The highest BCUT2D eigenvalue weighted by Crippen LogP contribution is 2.24. The van der Waals surface area contributed by atoms with E-state index >= 15 is 0 Å². The van der Waals surface area contributed by atoms with E-state index in [1.54, 1.807) is 11.8 Å². The minimum absolute atomic E-state index is 0.809. The third-order valence-electron chi connectivity index (χ3n) is 3.63. The molecule has 0 amide bonds. The number of aromatic amines is 1. The molecular weight excluding hydrogens is 290 g/mol. The number of imidazole rings is 1. The normalized spacial score (nSPS) is 11.3. The van der Waals surface area contributed by atoms with Gasteiger partial charge in [-0.05, 0) is 36.8 Å².